The molecule has 0 saturated carbocycles. The number of amides is 1. The molecule has 1 heterocycles. The lowest BCUT2D eigenvalue weighted by atomic mass is 9.79. The molecule has 3 aromatic rings. The molecule has 0 spiro atoms. The van der Waals surface area contributed by atoms with E-state index in [1.807, 2.05) is 77.7 Å². The lowest BCUT2D eigenvalue weighted by molar-refractivity contribution is -0.146. The molecule has 1 amide bonds. The fraction of sp³-hybridized carbons (Fsp3) is 0.333. The molecule has 0 radical (unpaired) electrons. The zero-order chi connectivity index (χ0) is 24.8. The van der Waals surface area contributed by atoms with Gasteiger partial charge in [-0.3, -0.25) is 4.79 Å². The maximum atomic E-state index is 13.4. The van der Waals surface area contributed by atoms with Gasteiger partial charge in [0.1, 0.15) is 5.78 Å². The zero-order valence-corrected chi connectivity index (χ0v) is 20.3. The molecule has 0 aliphatic carbocycles. The van der Waals surface area contributed by atoms with Crippen LogP contribution >= 0.6 is 0 Å². The fourth-order valence-corrected chi connectivity index (χ4v) is 5.16. The number of piperidine rings is 1. The van der Waals surface area contributed by atoms with Gasteiger partial charge < -0.3 is 20.5 Å². The van der Waals surface area contributed by atoms with Crippen LogP contribution in [-0.4, -0.2) is 34.3 Å². The first kappa shape index (κ1) is 24.7. The minimum atomic E-state index is -0.874. The van der Waals surface area contributed by atoms with E-state index in [0.717, 1.165) is 28.7 Å². The maximum Gasteiger partial charge on any atom is 0.228 e. The second-order valence-electron chi connectivity index (χ2n) is 9.68. The number of benzene rings is 3. The van der Waals surface area contributed by atoms with Gasteiger partial charge in [0.15, 0.2) is 0 Å². The van der Waals surface area contributed by atoms with Crippen LogP contribution in [0.4, 0.5) is 5.69 Å². The molecule has 35 heavy (non-hydrogen) atoms. The number of likely N-dealkylation sites (tertiary alicyclic amines) is 1. The van der Waals surface area contributed by atoms with Crippen LogP contribution < -0.4 is 5.73 Å². The molecule has 5 nitrogen and oxygen atoms in total. The van der Waals surface area contributed by atoms with Crippen LogP contribution in [0.1, 0.15) is 37.3 Å². The second kappa shape index (κ2) is 11.3. The molecular weight excluding hydrogens is 436 g/mol. The Kier molecular flexibility index (Phi) is 7.98. The van der Waals surface area contributed by atoms with Crippen molar-refractivity contribution in [1.82, 2.24) is 4.90 Å². The number of anilines is 1. The quantitative estimate of drug-likeness (QED) is 0.437. The fourth-order valence-electron chi connectivity index (χ4n) is 5.16. The SMILES string of the molecule is CC(=O)C[C@@H](Cc1cccc(-c2cccc(N)c2)c1)[C@H](O)[C@@H]1CCCN(Cc2ccccc2)C1=O. The molecule has 0 unspecified atom stereocenters. The highest BCUT2D eigenvalue weighted by Gasteiger charge is 2.38. The van der Waals surface area contributed by atoms with E-state index < -0.39 is 12.0 Å². The molecular formula is C30H34N2O3. The Morgan fingerprint density at radius 3 is 2.40 bits per heavy atom. The van der Waals surface area contributed by atoms with Gasteiger partial charge in [-0.2, -0.15) is 0 Å². The van der Waals surface area contributed by atoms with Crippen LogP contribution in [0, 0.1) is 11.8 Å². The van der Waals surface area contributed by atoms with Crippen molar-refractivity contribution in [2.75, 3.05) is 12.3 Å². The topological polar surface area (TPSA) is 83.6 Å². The van der Waals surface area contributed by atoms with Crippen molar-refractivity contribution in [2.24, 2.45) is 11.8 Å². The molecule has 1 aliphatic rings. The third-order valence-electron chi connectivity index (χ3n) is 6.88. The van der Waals surface area contributed by atoms with Gasteiger partial charge in [-0.25, -0.2) is 0 Å². The molecule has 4 rings (SSSR count). The van der Waals surface area contributed by atoms with E-state index in [1.54, 1.807) is 6.92 Å². The summed E-state index contributed by atoms with van der Waals surface area (Å²) >= 11 is 0. The van der Waals surface area contributed by atoms with Crippen molar-refractivity contribution < 1.29 is 14.7 Å². The summed E-state index contributed by atoms with van der Waals surface area (Å²) < 4.78 is 0. The van der Waals surface area contributed by atoms with Crippen LogP contribution in [-0.2, 0) is 22.6 Å². The number of rotatable bonds is 9. The summed E-state index contributed by atoms with van der Waals surface area (Å²) in [6.45, 7) is 2.78. The maximum absolute atomic E-state index is 13.4. The normalized spacial score (nSPS) is 17.7. The number of hydrogen-bond donors (Lipinski definition) is 2. The Balaban J connectivity index is 1.51. The Morgan fingerprint density at radius 1 is 1.00 bits per heavy atom. The summed E-state index contributed by atoms with van der Waals surface area (Å²) in [6.07, 6.45) is 1.38. The van der Waals surface area contributed by atoms with Gasteiger partial charge in [-0.15, -0.1) is 0 Å². The predicted octanol–water partition coefficient (Wildman–Crippen LogP) is 4.87. The number of nitrogens with two attached hydrogens (primary N) is 1. The average Bonchev–Trinajstić information content (AvgIpc) is 2.85. The molecule has 3 N–H and O–H groups in total. The van der Waals surface area contributed by atoms with Crippen LogP contribution in [0.3, 0.4) is 0 Å². The number of carbonyl (C=O) groups excluding carboxylic acids is 2. The number of nitrogens with zero attached hydrogens (tertiary/aromatic N) is 1. The van der Waals surface area contributed by atoms with Gasteiger partial charge in [0.25, 0.3) is 0 Å². The minimum Gasteiger partial charge on any atom is -0.399 e. The van der Waals surface area contributed by atoms with Crippen molar-refractivity contribution in [3.8, 4) is 11.1 Å². The number of hydrogen-bond acceptors (Lipinski definition) is 4. The van der Waals surface area contributed by atoms with Gasteiger partial charge in [0.2, 0.25) is 5.91 Å². The predicted molar refractivity (Wildman–Crippen MR) is 139 cm³/mol. The lowest BCUT2D eigenvalue weighted by Crippen LogP contribution is -2.47. The third kappa shape index (κ3) is 6.37. The first-order valence-electron chi connectivity index (χ1n) is 12.4. The van der Waals surface area contributed by atoms with E-state index in [1.165, 1.54) is 0 Å². The Morgan fingerprint density at radius 2 is 1.69 bits per heavy atom. The first-order valence-corrected chi connectivity index (χ1v) is 12.4. The molecule has 182 valence electrons. The number of Topliss-reactive ketones (excluding diaryl/α,β-unsaturated/α-hetero) is 1. The van der Waals surface area contributed by atoms with Crippen LogP contribution in [0.15, 0.2) is 78.9 Å². The van der Waals surface area contributed by atoms with Crippen molar-refractivity contribution in [1.29, 1.82) is 0 Å². The molecule has 1 saturated heterocycles. The highest BCUT2D eigenvalue weighted by molar-refractivity contribution is 5.80. The summed E-state index contributed by atoms with van der Waals surface area (Å²) in [4.78, 5) is 27.3. The summed E-state index contributed by atoms with van der Waals surface area (Å²) in [5.74, 6) is -0.816. The van der Waals surface area contributed by atoms with Crippen LogP contribution in [0.25, 0.3) is 11.1 Å². The lowest BCUT2D eigenvalue weighted by Gasteiger charge is -2.37. The summed E-state index contributed by atoms with van der Waals surface area (Å²) in [5.41, 5.74) is 10.8. The second-order valence-corrected chi connectivity index (χ2v) is 9.68. The highest BCUT2D eigenvalue weighted by Crippen LogP contribution is 2.31. The summed E-state index contributed by atoms with van der Waals surface area (Å²) in [7, 11) is 0. The molecule has 1 fully saturated rings. The molecule has 0 aromatic heterocycles. The molecule has 1 aliphatic heterocycles. The molecule has 0 bridgehead atoms. The number of nitrogen functional groups attached to an aromatic ring is 1. The number of aliphatic hydroxyl groups is 1. The van der Waals surface area contributed by atoms with Crippen molar-refractivity contribution in [3.63, 3.8) is 0 Å². The Labute approximate surface area is 207 Å². The van der Waals surface area contributed by atoms with E-state index in [0.29, 0.717) is 31.6 Å². The monoisotopic (exact) mass is 470 g/mol. The number of carbonyl (C=O) groups is 2. The number of ketones is 1. The van der Waals surface area contributed by atoms with Gasteiger partial charge in [-0.1, -0.05) is 66.7 Å². The van der Waals surface area contributed by atoms with Crippen molar-refractivity contribution in [3.05, 3.63) is 90.0 Å². The minimum absolute atomic E-state index is 0.0188. The standard InChI is InChI=1S/C30H34N2O3/c1-21(33)16-26(18-23-10-5-11-24(17-23)25-12-6-13-27(31)19-25)29(34)28-14-7-15-32(30(28)35)20-22-8-3-2-4-9-22/h2-6,8-13,17,19,26,28-29,34H,7,14-16,18,20,31H2,1H3/t26-,28-,29-/m0/s1. The molecule has 3 atom stereocenters. The van der Waals surface area contributed by atoms with E-state index >= 15 is 0 Å². The summed E-state index contributed by atoms with van der Waals surface area (Å²) in [5, 5.41) is 11.4. The first-order chi connectivity index (χ1) is 16.9. The van der Waals surface area contributed by atoms with Gasteiger partial charge >= 0.3 is 0 Å². The third-order valence-corrected chi connectivity index (χ3v) is 6.88. The number of aliphatic hydroxyl groups excluding tert-OH is 1. The Hall–Kier alpha value is -3.44. The van der Waals surface area contributed by atoms with E-state index in [4.69, 9.17) is 5.73 Å². The Bertz CT molecular complexity index is 1160. The van der Waals surface area contributed by atoms with Gasteiger partial charge in [0, 0.05) is 25.2 Å². The smallest absolute Gasteiger partial charge is 0.228 e. The van der Waals surface area contributed by atoms with Gasteiger partial charge in [-0.05, 0) is 66.5 Å². The average molecular weight is 471 g/mol. The van der Waals surface area contributed by atoms with Crippen LogP contribution in [0.5, 0.6) is 0 Å². The summed E-state index contributed by atoms with van der Waals surface area (Å²) in [6, 6.07) is 25.8. The van der Waals surface area contributed by atoms with E-state index in [9.17, 15) is 14.7 Å². The van der Waals surface area contributed by atoms with Crippen molar-refractivity contribution in [2.45, 2.75) is 45.3 Å². The van der Waals surface area contributed by atoms with E-state index in [-0.39, 0.29) is 24.0 Å². The van der Waals surface area contributed by atoms with Crippen LogP contribution in [0.2, 0.25) is 0 Å². The van der Waals surface area contributed by atoms with Gasteiger partial charge in [0.05, 0.1) is 12.0 Å². The molecule has 3 aromatic carbocycles. The van der Waals surface area contributed by atoms with Crippen molar-refractivity contribution >= 4 is 17.4 Å². The van der Waals surface area contributed by atoms with E-state index in [2.05, 4.69) is 6.07 Å². The molecule has 5 heteroatoms. The highest BCUT2D eigenvalue weighted by atomic mass is 16.3. The zero-order valence-electron chi connectivity index (χ0n) is 20.3. The largest absolute Gasteiger partial charge is 0.399 e.